The Labute approximate surface area is 144 Å². The van der Waals surface area contributed by atoms with Gasteiger partial charge in [0.2, 0.25) is 0 Å². The molecule has 1 aliphatic heterocycles. The molecule has 1 atom stereocenters. The number of benzene rings is 1. The van der Waals surface area contributed by atoms with Crippen LogP contribution in [0, 0.1) is 11.8 Å². The smallest absolute Gasteiger partial charge is 0.309 e. The quantitative estimate of drug-likeness (QED) is 0.649. The lowest BCUT2D eigenvalue weighted by Crippen LogP contribution is -2.28. The van der Waals surface area contributed by atoms with E-state index in [4.69, 9.17) is 9.47 Å². The van der Waals surface area contributed by atoms with E-state index in [0.29, 0.717) is 32.7 Å². The van der Waals surface area contributed by atoms with Crippen molar-refractivity contribution < 1.29 is 19.1 Å². The van der Waals surface area contributed by atoms with E-state index in [-0.39, 0.29) is 23.6 Å². The first-order valence-electron chi connectivity index (χ1n) is 9.01. The molecule has 1 fully saturated rings. The van der Waals surface area contributed by atoms with Crippen molar-refractivity contribution in [1.29, 1.82) is 0 Å². The van der Waals surface area contributed by atoms with E-state index in [1.54, 1.807) is 6.92 Å². The number of hydrogen-bond acceptors (Lipinski definition) is 4. The molecule has 0 radical (unpaired) electrons. The molecule has 4 heteroatoms. The molecular formula is C20H28O4. The van der Waals surface area contributed by atoms with Crippen LogP contribution in [0.1, 0.15) is 44.6 Å². The summed E-state index contributed by atoms with van der Waals surface area (Å²) in [6, 6.07) is 10.2. The molecule has 0 aromatic heterocycles. The third-order valence-corrected chi connectivity index (χ3v) is 4.61. The minimum absolute atomic E-state index is 0.0461. The molecule has 0 N–H and O–H groups in total. The Bertz CT molecular complexity index is 506. The van der Waals surface area contributed by atoms with Crippen LogP contribution >= 0.6 is 0 Å². The first-order chi connectivity index (χ1) is 11.7. The summed E-state index contributed by atoms with van der Waals surface area (Å²) in [5, 5.41) is 0. The number of hydrogen-bond donors (Lipinski definition) is 0. The van der Waals surface area contributed by atoms with Crippen LogP contribution in [0.25, 0.3) is 0 Å². The van der Waals surface area contributed by atoms with Crippen molar-refractivity contribution in [2.75, 3.05) is 19.8 Å². The van der Waals surface area contributed by atoms with Crippen molar-refractivity contribution >= 4 is 11.8 Å². The van der Waals surface area contributed by atoms with Crippen molar-refractivity contribution in [2.24, 2.45) is 11.8 Å². The van der Waals surface area contributed by atoms with Crippen LogP contribution < -0.4 is 0 Å². The number of ketones is 1. The van der Waals surface area contributed by atoms with Gasteiger partial charge >= 0.3 is 5.97 Å². The van der Waals surface area contributed by atoms with Crippen molar-refractivity contribution in [3.8, 4) is 0 Å². The molecule has 4 nitrogen and oxygen atoms in total. The predicted molar refractivity (Wildman–Crippen MR) is 92.7 cm³/mol. The zero-order chi connectivity index (χ0) is 17.2. The summed E-state index contributed by atoms with van der Waals surface area (Å²) in [4.78, 5) is 24.7. The lowest BCUT2D eigenvalue weighted by Gasteiger charge is -2.23. The maximum Gasteiger partial charge on any atom is 0.309 e. The van der Waals surface area contributed by atoms with E-state index in [1.165, 1.54) is 5.56 Å². The van der Waals surface area contributed by atoms with E-state index in [2.05, 4.69) is 12.1 Å². The van der Waals surface area contributed by atoms with Crippen molar-refractivity contribution in [3.05, 3.63) is 35.9 Å². The second-order valence-corrected chi connectivity index (χ2v) is 6.38. The summed E-state index contributed by atoms with van der Waals surface area (Å²) in [6.45, 7) is 3.46. The summed E-state index contributed by atoms with van der Waals surface area (Å²) < 4.78 is 10.5. The Kier molecular flexibility index (Phi) is 7.96. The molecule has 1 aromatic carbocycles. The molecule has 1 unspecified atom stereocenters. The SMILES string of the molecule is CCOC(=O)C(CCCc1ccccc1)CC(=O)C1CCOCC1. The normalized spacial score (nSPS) is 16.5. The molecule has 0 bridgehead atoms. The fourth-order valence-electron chi connectivity index (χ4n) is 3.19. The molecule has 1 aliphatic rings. The van der Waals surface area contributed by atoms with Gasteiger partial charge in [-0.25, -0.2) is 0 Å². The van der Waals surface area contributed by atoms with Crippen LogP contribution in [0.2, 0.25) is 0 Å². The molecule has 132 valence electrons. The van der Waals surface area contributed by atoms with E-state index in [1.807, 2.05) is 18.2 Å². The Balaban J connectivity index is 1.86. The number of carbonyl (C=O) groups excluding carboxylic acids is 2. The van der Waals surface area contributed by atoms with E-state index in [9.17, 15) is 9.59 Å². The zero-order valence-corrected chi connectivity index (χ0v) is 14.5. The molecule has 2 rings (SSSR count). The van der Waals surface area contributed by atoms with Gasteiger partial charge in [0.05, 0.1) is 12.5 Å². The van der Waals surface area contributed by atoms with Gasteiger partial charge in [0.25, 0.3) is 0 Å². The molecule has 0 aliphatic carbocycles. The van der Waals surface area contributed by atoms with Crippen LogP contribution in [0.5, 0.6) is 0 Å². The maximum absolute atomic E-state index is 12.5. The van der Waals surface area contributed by atoms with Gasteiger partial charge in [-0.15, -0.1) is 0 Å². The molecule has 1 aromatic rings. The van der Waals surface area contributed by atoms with Gasteiger partial charge in [0.1, 0.15) is 5.78 Å². The fraction of sp³-hybridized carbons (Fsp3) is 0.600. The minimum atomic E-state index is -0.316. The average Bonchev–Trinajstić information content (AvgIpc) is 2.62. The lowest BCUT2D eigenvalue weighted by atomic mass is 9.87. The topological polar surface area (TPSA) is 52.6 Å². The van der Waals surface area contributed by atoms with E-state index >= 15 is 0 Å². The van der Waals surface area contributed by atoms with Crippen molar-refractivity contribution in [3.63, 3.8) is 0 Å². The molecule has 0 spiro atoms. The largest absolute Gasteiger partial charge is 0.466 e. The van der Waals surface area contributed by atoms with Crippen LogP contribution in [0.15, 0.2) is 30.3 Å². The first kappa shape index (κ1) is 18.7. The third kappa shape index (κ3) is 6.08. The van der Waals surface area contributed by atoms with Gasteiger partial charge in [-0.05, 0) is 44.6 Å². The highest BCUT2D eigenvalue weighted by molar-refractivity contribution is 5.86. The zero-order valence-electron chi connectivity index (χ0n) is 14.5. The summed E-state index contributed by atoms with van der Waals surface area (Å²) in [5.74, 6) is -0.309. The first-order valence-corrected chi connectivity index (χ1v) is 9.01. The Morgan fingerprint density at radius 3 is 2.58 bits per heavy atom. The monoisotopic (exact) mass is 332 g/mol. The van der Waals surface area contributed by atoms with Crippen LogP contribution in [-0.2, 0) is 25.5 Å². The summed E-state index contributed by atoms with van der Waals surface area (Å²) >= 11 is 0. The van der Waals surface area contributed by atoms with Crippen LogP contribution in [0.4, 0.5) is 0 Å². The average molecular weight is 332 g/mol. The third-order valence-electron chi connectivity index (χ3n) is 4.61. The second-order valence-electron chi connectivity index (χ2n) is 6.38. The van der Waals surface area contributed by atoms with Gasteiger partial charge < -0.3 is 9.47 Å². The molecular weight excluding hydrogens is 304 g/mol. The highest BCUT2D eigenvalue weighted by Crippen LogP contribution is 2.23. The molecule has 0 saturated carbocycles. The van der Waals surface area contributed by atoms with Crippen molar-refractivity contribution in [2.45, 2.75) is 45.4 Å². The fourth-order valence-corrected chi connectivity index (χ4v) is 3.19. The van der Waals surface area contributed by atoms with Gasteiger partial charge in [-0.2, -0.15) is 0 Å². The Hall–Kier alpha value is -1.68. The number of Topliss-reactive ketones (excluding diaryl/α,β-unsaturated/α-hetero) is 1. The standard InChI is InChI=1S/C20H28O4/c1-2-24-20(22)18(10-6-9-16-7-4-3-5-8-16)15-19(21)17-11-13-23-14-12-17/h3-5,7-8,17-18H,2,6,9-15H2,1H3. The van der Waals surface area contributed by atoms with Gasteiger partial charge in [0.15, 0.2) is 0 Å². The van der Waals surface area contributed by atoms with E-state index in [0.717, 1.165) is 25.7 Å². The molecule has 24 heavy (non-hydrogen) atoms. The number of ether oxygens (including phenoxy) is 2. The predicted octanol–water partition coefficient (Wildman–Crippen LogP) is 3.57. The maximum atomic E-state index is 12.5. The number of rotatable bonds is 9. The van der Waals surface area contributed by atoms with E-state index < -0.39 is 0 Å². The Morgan fingerprint density at radius 2 is 1.92 bits per heavy atom. The van der Waals surface area contributed by atoms with Crippen LogP contribution in [-0.4, -0.2) is 31.6 Å². The summed E-state index contributed by atoms with van der Waals surface area (Å²) in [5.41, 5.74) is 1.26. The van der Waals surface area contributed by atoms with Gasteiger partial charge in [-0.3, -0.25) is 9.59 Å². The molecule has 0 amide bonds. The number of aryl methyl sites for hydroxylation is 1. The molecule has 1 heterocycles. The summed E-state index contributed by atoms with van der Waals surface area (Å²) in [6.07, 6.45) is 4.36. The van der Waals surface area contributed by atoms with Crippen LogP contribution in [0.3, 0.4) is 0 Å². The van der Waals surface area contributed by atoms with Crippen molar-refractivity contribution in [1.82, 2.24) is 0 Å². The number of esters is 1. The lowest BCUT2D eigenvalue weighted by molar-refractivity contribution is -0.150. The van der Waals surface area contributed by atoms with Gasteiger partial charge in [0, 0.05) is 25.6 Å². The second kappa shape index (κ2) is 10.2. The highest BCUT2D eigenvalue weighted by Gasteiger charge is 2.28. The minimum Gasteiger partial charge on any atom is -0.466 e. The van der Waals surface area contributed by atoms with Gasteiger partial charge in [-0.1, -0.05) is 30.3 Å². The summed E-state index contributed by atoms with van der Waals surface area (Å²) in [7, 11) is 0. The Morgan fingerprint density at radius 1 is 1.21 bits per heavy atom. The molecule has 1 saturated heterocycles. The number of carbonyl (C=O) groups is 2. The highest BCUT2D eigenvalue weighted by atomic mass is 16.5.